The predicted octanol–water partition coefficient (Wildman–Crippen LogP) is 5.84. The van der Waals surface area contributed by atoms with Crippen molar-refractivity contribution in [2.24, 2.45) is 0 Å². The van der Waals surface area contributed by atoms with E-state index in [-0.39, 0.29) is 12.3 Å². The fraction of sp³-hybridized carbons (Fsp3) is 0.111. The number of rotatable bonds is 11. The molecule has 0 unspecified atom stereocenters. The molecule has 0 atom stereocenters. The Morgan fingerprint density at radius 3 is 1.19 bits per heavy atom. The average Bonchev–Trinajstić information content (AvgIpc) is 3.48. The van der Waals surface area contributed by atoms with Crippen LogP contribution in [0.3, 0.4) is 0 Å². The maximum absolute atomic E-state index is 11.3. The van der Waals surface area contributed by atoms with Crippen molar-refractivity contribution in [1.82, 2.24) is 4.57 Å². The van der Waals surface area contributed by atoms with Crippen molar-refractivity contribution in [1.29, 1.82) is 0 Å². The Hall–Kier alpha value is -4.46. The molecule has 0 spiro atoms. The lowest BCUT2D eigenvalue weighted by Crippen LogP contribution is -2.33. The van der Waals surface area contributed by atoms with Crippen LogP contribution in [-0.2, 0) is 34.5 Å². The topological polar surface area (TPSA) is 128 Å². The number of nitrogens with zero attached hydrogens (tertiary/aromatic N) is 3. The van der Waals surface area contributed by atoms with Crippen LogP contribution in [0.2, 0.25) is 0 Å². The maximum atomic E-state index is 11.3. The van der Waals surface area contributed by atoms with Gasteiger partial charge in [-0.25, -0.2) is 9.13 Å². The molecule has 47 heavy (non-hydrogen) atoms. The molecule has 11 heteroatoms. The van der Waals surface area contributed by atoms with E-state index in [0.717, 1.165) is 39.3 Å². The van der Waals surface area contributed by atoms with Crippen LogP contribution in [0.25, 0.3) is 28.2 Å². The molecule has 0 aliphatic heterocycles. The molecule has 0 aliphatic carbocycles. The molecular weight excluding hydrogens is 632 g/mol. The van der Waals surface area contributed by atoms with E-state index in [1.807, 2.05) is 67.3 Å². The van der Waals surface area contributed by atoms with Crippen molar-refractivity contribution in [2.45, 2.75) is 25.4 Å². The fourth-order valence-corrected chi connectivity index (χ4v) is 6.98. The van der Waals surface area contributed by atoms with Gasteiger partial charge in [0, 0.05) is 52.2 Å². The molecule has 3 aromatic carbocycles. The van der Waals surface area contributed by atoms with Crippen LogP contribution in [0.1, 0.15) is 22.3 Å². The normalized spacial score (nSPS) is 11.9. The van der Waals surface area contributed by atoms with Crippen LogP contribution >= 0.6 is 15.2 Å². The van der Waals surface area contributed by atoms with Gasteiger partial charge in [-0.1, -0.05) is 66.7 Å². The summed E-state index contributed by atoms with van der Waals surface area (Å²) in [4.78, 5) is 36.9. The van der Waals surface area contributed by atoms with E-state index in [1.54, 1.807) is 24.3 Å². The highest BCUT2D eigenvalue weighted by Crippen LogP contribution is 2.39. The van der Waals surface area contributed by atoms with Crippen molar-refractivity contribution in [3.63, 3.8) is 0 Å². The first-order valence-corrected chi connectivity index (χ1v) is 18.6. The Morgan fingerprint density at radius 2 is 0.830 bits per heavy atom. The quantitative estimate of drug-likeness (QED) is 0.102. The Balaban J connectivity index is 1.22. The van der Waals surface area contributed by atoms with Gasteiger partial charge in [0.1, 0.15) is 0 Å². The molecule has 0 amide bonds. The number of para-hydroxylation sites is 1. The lowest BCUT2D eigenvalue weighted by molar-refractivity contribution is -0.688. The molecule has 6 rings (SSSR count). The van der Waals surface area contributed by atoms with Gasteiger partial charge >= 0.3 is 15.2 Å². The summed E-state index contributed by atoms with van der Waals surface area (Å²) in [6, 6.07) is 37.5. The van der Waals surface area contributed by atoms with Gasteiger partial charge in [0.25, 0.3) is 0 Å². The van der Waals surface area contributed by atoms with Crippen molar-refractivity contribution < 1.29 is 37.8 Å². The molecule has 3 heterocycles. The Morgan fingerprint density at radius 1 is 0.468 bits per heavy atom. The summed E-state index contributed by atoms with van der Waals surface area (Å²) in [5, 5.41) is 0. The van der Waals surface area contributed by atoms with Crippen molar-refractivity contribution in [2.75, 3.05) is 0 Å². The zero-order valence-corrected chi connectivity index (χ0v) is 27.2. The smallest absolute Gasteiger partial charge is 0.324 e. The fourth-order valence-electron chi connectivity index (χ4n) is 5.61. The number of benzene rings is 3. The molecule has 4 N–H and O–H groups in total. The van der Waals surface area contributed by atoms with Crippen molar-refractivity contribution in [3.8, 4) is 28.2 Å². The SMILES string of the molecule is O=P(O)(O)Cc1ccc(C[n+]2ccc(-c3ccc(-c4cc[n+](Cc5ccc(CP(=O)(O)O)cc5)cc4)n3-c3ccccc3)cc2)cc1. The van der Waals surface area contributed by atoms with Crippen LogP contribution < -0.4 is 9.13 Å². The second-order valence-corrected chi connectivity index (χ2v) is 14.9. The minimum Gasteiger partial charge on any atom is -0.324 e. The molecule has 0 aliphatic rings. The van der Waals surface area contributed by atoms with Gasteiger partial charge in [0.05, 0.1) is 23.7 Å². The Labute approximate surface area is 273 Å². The van der Waals surface area contributed by atoms with E-state index in [2.05, 4.69) is 62.2 Å². The zero-order valence-electron chi connectivity index (χ0n) is 25.4. The van der Waals surface area contributed by atoms with E-state index in [1.165, 1.54) is 0 Å². The molecule has 3 aromatic heterocycles. The van der Waals surface area contributed by atoms with E-state index in [0.29, 0.717) is 24.2 Å². The Bertz CT molecular complexity index is 1920. The molecular formula is C36H35N3O6P2+2. The first kappa shape index (κ1) is 32.5. The van der Waals surface area contributed by atoms with E-state index in [4.69, 9.17) is 0 Å². The van der Waals surface area contributed by atoms with Crippen LogP contribution in [0, 0.1) is 0 Å². The third-order valence-electron chi connectivity index (χ3n) is 7.82. The monoisotopic (exact) mass is 667 g/mol. The second-order valence-electron chi connectivity index (χ2n) is 11.6. The molecule has 238 valence electrons. The largest absolute Gasteiger partial charge is 0.329 e. The zero-order chi connectivity index (χ0) is 33.0. The van der Waals surface area contributed by atoms with Crippen LogP contribution in [0.4, 0.5) is 0 Å². The molecule has 0 saturated heterocycles. The number of aromatic nitrogens is 3. The summed E-state index contributed by atoms with van der Waals surface area (Å²) in [5.41, 5.74) is 8.54. The minimum atomic E-state index is -4.10. The summed E-state index contributed by atoms with van der Waals surface area (Å²) in [7, 11) is -8.20. The Kier molecular flexibility index (Phi) is 9.48. The molecule has 6 aromatic rings. The summed E-state index contributed by atoms with van der Waals surface area (Å²) in [6.45, 7) is 1.26. The van der Waals surface area contributed by atoms with E-state index < -0.39 is 15.2 Å². The second kappa shape index (κ2) is 13.7. The third kappa shape index (κ3) is 8.67. The summed E-state index contributed by atoms with van der Waals surface area (Å²) in [5.74, 6) is 0. The van der Waals surface area contributed by atoms with Crippen LogP contribution in [0.15, 0.2) is 140 Å². The van der Waals surface area contributed by atoms with E-state index in [9.17, 15) is 28.7 Å². The number of hydrogen-bond donors (Lipinski definition) is 4. The van der Waals surface area contributed by atoms with Crippen molar-refractivity contribution >= 4 is 15.2 Å². The number of hydrogen-bond acceptors (Lipinski definition) is 2. The standard InChI is InChI=1S/C36H33N3O6P2/c40-46(41,42)26-30-10-6-28(7-11-30)24-37-20-16-32(17-21-37)35-14-15-36(39(35)34-4-2-1-3-5-34)33-18-22-38(23-19-33)25-29-8-12-31(13-9-29)27-47(43,44)45/h1-23H,24-27H2,(H2-2,40,41,42,43,44,45)/p+2. The van der Waals surface area contributed by atoms with Crippen LogP contribution in [-0.4, -0.2) is 24.1 Å². The molecule has 0 saturated carbocycles. The van der Waals surface area contributed by atoms with Crippen LogP contribution in [0.5, 0.6) is 0 Å². The van der Waals surface area contributed by atoms with E-state index >= 15 is 0 Å². The highest BCUT2D eigenvalue weighted by atomic mass is 31.2. The number of pyridine rings is 2. The highest BCUT2D eigenvalue weighted by Gasteiger charge is 2.18. The molecule has 0 bridgehead atoms. The maximum Gasteiger partial charge on any atom is 0.329 e. The summed E-state index contributed by atoms with van der Waals surface area (Å²) < 4.78 is 29.0. The molecule has 0 radical (unpaired) electrons. The average molecular weight is 668 g/mol. The third-order valence-corrected chi connectivity index (χ3v) is 9.38. The molecule has 9 nitrogen and oxygen atoms in total. The van der Waals surface area contributed by atoms with Crippen molar-refractivity contribution in [3.05, 3.63) is 162 Å². The van der Waals surface area contributed by atoms with Gasteiger partial charge in [-0.3, -0.25) is 9.13 Å². The summed E-state index contributed by atoms with van der Waals surface area (Å²) in [6.07, 6.45) is 7.61. The highest BCUT2D eigenvalue weighted by molar-refractivity contribution is 7.51. The predicted molar refractivity (Wildman–Crippen MR) is 180 cm³/mol. The minimum absolute atomic E-state index is 0.263. The summed E-state index contributed by atoms with van der Waals surface area (Å²) >= 11 is 0. The van der Waals surface area contributed by atoms with Gasteiger partial charge < -0.3 is 24.1 Å². The van der Waals surface area contributed by atoms with Gasteiger partial charge in [-0.15, -0.1) is 0 Å². The lowest BCUT2D eigenvalue weighted by Gasteiger charge is -2.14. The van der Waals surface area contributed by atoms with Gasteiger partial charge in [-0.2, -0.15) is 0 Å². The van der Waals surface area contributed by atoms with Gasteiger partial charge in [-0.05, 0) is 35.4 Å². The first-order valence-electron chi connectivity index (χ1n) is 15.0. The lowest BCUT2D eigenvalue weighted by atomic mass is 10.1. The van der Waals surface area contributed by atoms with Gasteiger partial charge in [0.2, 0.25) is 0 Å². The first-order chi connectivity index (χ1) is 22.5. The van der Waals surface area contributed by atoms with Gasteiger partial charge in [0.15, 0.2) is 37.9 Å². The molecule has 0 fully saturated rings.